The molecular formula is C19H24FN3O2S2. The second-order valence-corrected chi connectivity index (χ2v) is 8.56. The number of thiophene rings is 1. The van der Waals surface area contributed by atoms with Crippen molar-refractivity contribution >= 4 is 40.6 Å². The number of rotatable bonds is 9. The molecule has 27 heavy (non-hydrogen) atoms. The van der Waals surface area contributed by atoms with Crippen molar-refractivity contribution in [3.05, 3.63) is 52.5 Å². The van der Waals surface area contributed by atoms with Gasteiger partial charge in [0.15, 0.2) is 0 Å². The summed E-state index contributed by atoms with van der Waals surface area (Å²) in [6.45, 7) is 2.29. The van der Waals surface area contributed by atoms with Gasteiger partial charge in [-0.25, -0.2) is 4.39 Å². The third-order valence-electron chi connectivity index (χ3n) is 3.93. The summed E-state index contributed by atoms with van der Waals surface area (Å²) in [7, 11) is 3.96. The van der Waals surface area contributed by atoms with Gasteiger partial charge >= 0.3 is 0 Å². The number of carbonyl (C=O) groups is 2. The van der Waals surface area contributed by atoms with Crippen molar-refractivity contribution in [3.63, 3.8) is 0 Å². The third-order valence-corrected chi connectivity index (χ3v) is 6.04. The molecule has 0 saturated carbocycles. The maximum Gasteiger partial charge on any atom is 0.234 e. The van der Waals surface area contributed by atoms with Crippen molar-refractivity contribution in [1.29, 1.82) is 0 Å². The number of halogens is 1. The first-order valence-electron chi connectivity index (χ1n) is 8.51. The van der Waals surface area contributed by atoms with Gasteiger partial charge in [0.1, 0.15) is 5.82 Å². The molecule has 2 rings (SSSR count). The van der Waals surface area contributed by atoms with Crippen LogP contribution in [0.3, 0.4) is 0 Å². The Morgan fingerprint density at radius 2 is 1.93 bits per heavy atom. The van der Waals surface area contributed by atoms with Crippen LogP contribution in [0.1, 0.15) is 17.8 Å². The van der Waals surface area contributed by atoms with Crippen molar-refractivity contribution in [2.24, 2.45) is 0 Å². The smallest absolute Gasteiger partial charge is 0.234 e. The second-order valence-electron chi connectivity index (χ2n) is 6.25. The van der Waals surface area contributed by atoms with Crippen molar-refractivity contribution in [2.75, 3.05) is 31.7 Å². The standard InChI is InChI=1S/C19H24FN3O2S2/c1-13(27-12-18(24)22-15-8-6-14(20)7-9-15)19(25)21-11-16(23(2)3)17-5-4-10-26-17/h4-10,13,16H,11-12H2,1-3H3,(H,21,25)(H,22,24). The Morgan fingerprint density at radius 1 is 1.22 bits per heavy atom. The number of likely N-dealkylation sites (N-methyl/N-ethyl adjacent to an activating group) is 1. The van der Waals surface area contributed by atoms with Crippen molar-refractivity contribution in [3.8, 4) is 0 Å². The normalized spacial score (nSPS) is 13.2. The number of amides is 2. The van der Waals surface area contributed by atoms with Crippen LogP contribution in [0.25, 0.3) is 0 Å². The van der Waals surface area contributed by atoms with Crippen LogP contribution in [0.5, 0.6) is 0 Å². The Balaban J connectivity index is 1.76. The predicted octanol–water partition coefficient (Wildman–Crippen LogP) is 3.37. The van der Waals surface area contributed by atoms with E-state index in [1.807, 2.05) is 25.5 Å². The van der Waals surface area contributed by atoms with E-state index in [2.05, 4.69) is 21.6 Å². The molecule has 0 aliphatic rings. The van der Waals surface area contributed by atoms with E-state index in [4.69, 9.17) is 0 Å². The molecule has 1 aromatic carbocycles. The Labute approximate surface area is 167 Å². The van der Waals surface area contributed by atoms with Crippen molar-refractivity contribution < 1.29 is 14.0 Å². The van der Waals surface area contributed by atoms with Gasteiger partial charge in [-0.3, -0.25) is 9.59 Å². The number of nitrogens with one attached hydrogen (secondary N) is 2. The number of benzene rings is 1. The zero-order valence-electron chi connectivity index (χ0n) is 15.6. The highest BCUT2D eigenvalue weighted by atomic mass is 32.2. The van der Waals surface area contributed by atoms with Gasteiger partial charge in [0, 0.05) is 17.1 Å². The first-order valence-corrected chi connectivity index (χ1v) is 10.4. The van der Waals surface area contributed by atoms with Gasteiger partial charge in [0.05, 0.1) is 17.0 Å². The van der Waals surface area contributed by atoms with Crippen LogP contribution in [0.15, 0.2) is 41.8 Å². The lowest BCUT2D eigenvalue weighted by molar-refractivity contribution is -0.120. The first-order chi connectivity index (χ1) is 12.9. The van der Waals surface area contributed by atoms with Crippen molar-refractivity contribution in [2.45, 2.75) is 18.2 Å². The van der Waals surface area contributed by atoms with Gasteiger partial charge in [-0.2, -0.15) is 0 Å². The highest BCUT2D eigenvalue weighted by Gasteiger charge is 2.19. The van der Waals surface area contributed by atoms with Crippen molar-refractivity contribution in [1.82, 2.24) is 10.2 Å². The summed E-state index contributed by atoms with van der Waals surface area (Å²) < 4.78 is 12.9. The molecule has 1 aromatic heterocycles. The molecule has 0 spiro atoms. The average Bonchev–Trinajstić information content (AvgIpc) is 3.15. The molecule has 0 aliphatic carbocycles. The van der Waals surface area contributed by atoms with Crippen LogP contribution in [0.2, 0.25) is 0 Å². The monoisotopic (exact) mass is 409 g/mol. The first kappa shape index (κ1) is 21.4. The van der Waals surface area contributed by atoms with E-state index in [1.165, 1.54) is 40.9 Å². The summed E-state index contributed by atoms with van der Waals surface area (Å²) in [4.78, 5) is 27.6. The van der Waals surface area contributed by atoms with Gasteiger partial charge in [-0.1, -0.05) is 6.07 Å². The molecule has 0 fully saturated rings. The molecule has 2 amide bonds. The molecule has 0 saturated heterocycles. The molecule has 2 unspecified atom stereocenters. The predicted molar refractivity (Wildman–Crippen MR) is 111 cm³/mol. The lowest BCUT2D eigenvalue weighted by atomic mass is 10.2. The van der Waals surface area contributed by atoms with E-state index in [0.717, 1.165) is 0 Å². The Hall–Kier alpha value is -1.90. The summed E-state index contributed by atoms with van der Waals surface area (Å²) in [6.07, 6.45) is 0. The molecule has 0 radical (unpaired) electrons. The fraction of sp³-hybridized carbons (Fsp3) is 0.368. The summed E-state index contributed by atoms with van der Waals surface area (Å²) in [6, 6.07) is 9.74. The fourth-order valence-electron chi connectivity index (χ4n) is 2.37. The number of carbonyl (C=O) groups excluding carboxylic acids is 2. The molecule has 2 N–H and O–H groups in total. The van der Waals surface area contributed by atoms with E-state index < -0.39 is 0 Å². The van der Waals surface area contributed by atoms with Crippen LogP contribution in [0, 0.1) is 5.82 Å². The van der Waals surface area contributed by atoms with E-state index in [9.17, 15) is 14.0 Å². The lowest BCUT2D eigenvalue weighted by Crippen LogP contribution is -2.38. The minimum absolute atomic E-state index is 0.0991. The molecule has 0 bridgehead atoms. The molecule has 0 aliphatic heterocycles. The van der Waals surface area contributed by atoms with Crippen LogP contribution < -0.4 is 10.6 Å². The van der Waals surface area contributed by atoms with Crippen LogP contribution in [-0.4, -0.2) is 48.4 Å². The summed E-state index contributed by atoms with van der Waals surface area (Å²) in [5, 5.41) is 7.32. The van der Waals surface area contributed by atoms with Gasteiger partial charge in [0.2, 0.25) is 11.8 Å². The van der Waals surface area contributed by atoms with E-state index in [1.54, 1.807) is 18.3 Å². The summed E-state index contributed by atoms with van der Waals surface area (Å²) in [5.74, 6) is -0.534. The summed E-state index contributed by atoms with van der Waals surface area (Å²) in [5.41, 5.74) is 0.531. The Kier molecular flexibility index (Phi) is 8.27. The molecule has 5 nitrogen and oxygen atoms in total. The molecule has 8 heteroatoms. The average molecular weight is 410 g/mol. The highest BCUT2D eigenvalue weighted by molar-refractivity contribution is 8.01. The number of hydrogen-bond donors (Lipinski definition) is 2. The zero-order valence-corrected chi connectivity index (χ0v) is 17.2. The zero-order chi connectivity index (χ0) is 19.8. The Morgan fingerprint density at radius 3 is 2.52 bits per heavy atom. The van der Waals surface area contributed by atoms with Gasteiger partial charge in [0.25, 0.3) is 0 Å². The highest BCUT2D eigenvalue weighted by Crippen LogP contribution is 2.22. The maximum absolute atomic E-state index is 12.9. The van der Waals surface area contributed by atoms with Crippen LogP contribution >= 0.6 is 23.1 Å². The third kappa shape index (κ3) is 6.97. The molecule has 2 aromatic rings. The lowest BCUT2D eigenvalue weighted by Gasteiger charge is -2.24. The number of nitrogens with zero attached hydrogens (tertiary/aromatic N) is 1. The fourth-order valence-corrected chi connectivity index (χ4v) is 4.00. The quantitative estimate of drug-likeness (QED) is 0.667. The number of thioether (sulfide) groups is 1. The number of hydrogen-bond acceptors (Lipinski definition) is 5. The van der Waals surface area contributed by atoms with E-state index in [-0.39, 0.29) is 34.7 Å². The van der Waals surface area contributed by atoms with Gasteiger partial charge in [-0.15, -0.1) is 23.1 Å². The van der Waals surface area contributed by atoms with E-state index in [0.29, 0.717) is 12.2 Å². The summed E-state index contributed by atoms with van der Waals surface area (Å²) >= 11 is 2.92. The molecule has 1 heterocycles. The van der Waals surface area contributed by atoms with Crippen LogP contribution in [0.4, 0.5) is 10.1 Å². The minimum atomic E-state index is -0.355. The Bertz CT molecular complexity index is 736. The molecule has 2 atom stereocenters. The second kappa shape index (κ2) is 10.4. The van der Waals surface area contributed by atoms with Gasteiger partial charge in [-0.05, 0) is 56.7 Å². The van der Waals surface area contributed by atoms with E-state index >= 15 is 0 Å². The number of anilines is 1. The largest absolute Gasteiger partial charge is 0.353 e. The SMILES string of the molecule is CC(SCC(=O)Nc1ccc(F)cc1)C(=O)NCC(c1cccs1)N(C)C. The molecule has 146 valence electrons. The molecular weight excluding hydrogens is 385 g/mol. The maximum atomic E-state index is 12.9. The van der Waals surface area contributed by atoms with Gasteiger partial charge < -0.3 is 15.5 Å². The van der Waals surface area contributed by atoms with Crippen LogP contribution in [-0.2, 0) is 9.59 Å². The minimum Gasteiger partial charge on any atom is -0.353 e. The topological polar surface area (TPSA) is 61.4 Å².